The Bertz CT molecular complexity index is 766. The predicted octanol–water partition coefficient (Wildman–Crippen LogP) is 5.10. The average molecular weight is 405 g/mol. The first-order chi connectivity index (χ1) is 14.3. The Balaban J connectivity index is 1.90. The van der Waals surface area contributed by atoms with Crippen LogP contribution in [0.4, 0.5) is 0 Å². The zero-order valence-corrected chi connectivity index (χ0v) is 18.1. The van der Waals surface area contributed by atoms with Crippen molar-refractivity contribution in [2.24, 2.45) is 0 Å². The molecule has 0 fully saturated rings. The molecule has 3 aromatic rings. The van der Waals surface area contributed by atoms with Crippen molar-refractivity contribution < 1.29 is 9.53 Å². The molecule has 0 unspecified atom stereocenters. The number of carbonyl (C=O) groups excluding carboxylic acids is 1. The fraction of sp³-hybridized carbons (Fsp3) is 0.269. The van der Waals surface area contributed by atoms with E-state index in [0.717, 1.165) is 25.4 Å². The molecule has 0 aliphatic heterocycles. The molecule has 0 aromatic heterocycles. The van der Waals surface area contributed by atoms with Crippen LogP contribution in [0, 0.1) is 0 Å². The van der Waals surface area contributed by atoms with Crippen molar-refractivity contribution in [2.75, 3.05) is 12.8 Å². The van der Waals surface area contributed by atoms with E-state index in [9.17, 15) is 4.79 Å². The van der Waals surface area contributed by atoms with Gasteiger partial charge >= 0.3 is 5.97 Å². The zero-order chi connectivity index (χ0) is 20.4. The second kappa shape index (κ2) is 10.9. The molecule has 2 nitrogen and oxygen atoms in total. The molecule has 0 radical (unpaired) electrons. The summed E-state index contributed by atoms with van der Waals surface area (Å²) in [6.45, 7) is 2.32. The summed E-state index contributed by atoms with van der Waals surface area (Å²) in [5.74, 6) is -0.0808. The standard InChI is InChI=1S/C26H30O2P/c1-2-28-26(27)21-13-6-14-22-29(23-15-7-3-8-16-23,24-17-9-4-10-18-24)25-19-11-5-12-20-25/h3-5,7-12,15-20H,2,6,13-14,21-22H2,1H3/q+1. The molecule has 0 amide bonds. The first-order valence-corrected chi connectivity index (χ1v) is 12.5. The molecule has 0 bridgehead atoms. The number of unbranched alkanes of at least 4 members (excludes halogenated alkanes) is 2. The van der Waals surface area contributed by atoms with Gasteiger partial charge in [0.25, 0.3) is 0 Å². The maximum atomic E-state index is 11.7. The van der Waals surface area contributed by atoms with Crippen LogP contribution in [0.25, 0.3) is 0 Å². The maximum Gasteiger partial charge on any atom is 0.305 e. The number of hydrogen-bond donors (Lipinski definition) is 0. The van der Waals surface area contributed by atoms with Gasteiger partial charge in [0.1, 0.15) is 23.2 Å². The minimum Gasteiger partial charge on any atom is -0.466 e. The second-order valence-corrected chi connectivity index (χ2v) is 10.8. The summed E-state index contributed by atoms with van der Waals surface area (Å²) in [6, 6.07) is 32.9. The Hall–Kier alpha value is -2.44. The highest BCUT2D eigenvalue weighted by Gasteiger charge is 2.44. The van der Waals surface area contributed by atoms with Crippen LogP contribution in [0.5, 0.6) is 0 Å². The van der Waals surface area contributed by atoms with Gasteiger partial charge in [-0.15, -0.1) is 0 Å². The lowest BCUT2D eigenvalue weighted by Gasteiger charge is -2.27. The third-order valence-electron chi connectivity index (χ3n) is 5.27. The molecule has 0 heterocycles. The number of rotatable bonds is 10. The number of carbonyl (C=O) groups is 1. The highest BCUT2D eigenvalue weighted by molar-refractivity contribution is 7.95. The van der Waals surface area contributed by atoms with E-state index in [2.05, 4.69) is 91.0 Å². The highest BCUT2D eigenvalue weighted by Crippen LogP contribution is 2.55. The Morgan fingerprint density at radius 2 is 1.14 bits per heavy atom. The van der Waals surface area contributed by atoms with Crippen LogP contribution in [-0.4, -0.2) is 18.7 Å². The van der Waals surface area contributed by atoms with Crippen LogP contribution in [-0.2, 0) is 9.53 Å². The van der Waals surface area contributed by atoms with Gasteiger partial charge in [0, 0.05) is 6.42 Å². The summed E-state index contributed by atoms with van der Waals surface area (Å²) in [5.41, 5.74) is 0. The summed E-state index contributed by atoms with van der Waals surface area (Å²) in [4.78, 5) is 11.7. The Labute approximate surface area is 175 Å². The number of ether oxygens (including phenoxy) is 1. The van der Waals surface area contributed by atoms with E-state index in [1.165, 1.54) is 15.9 Å². The normalized spacial score (nSPS) is 11.2. The van der Waals surface area contributed by atoms with E-state index in [1.807, 2.05) is 6.92 Å². The van der Waals surface area contributed by atoms with Crippen molar-refractivity contribution in [3.8, 4) is 0 Å². The Morgan fingerprint density at radius 1 is 0.690 bits per heavy atom. The monoisotopic (exact) mass is 405 g/mol. The average Bonchev–Trinajstić information content (AvgIpc) is 2.78. The van der Waals surface area contributed by atoms with Crippen LogP contribution >= 0.6 is 7.26 Å². The highest BCUT2D eigenvalue weighted by atomic mass is 31.2. The lowest BCUT2D eigenvalue weighted by Crippen LogP contribution is -2.33. The summed E-state index contributed by atoms with van der Waals surface area (Å²) >= 11 is 0. The molecule has 0 aliphatic rings. The smallest absolute Gasteiger partial charge is 0.305 e. The minimum absolute atomic E-state index is 0.0808. The maximum absolute atomic E-state index is 11.7. The topological polar surface area (TPSA) is 26.3 Å². The first-order valence-electron chi connectivity index (χ1n) is 10.5. The van der Waals surface area contributed by atoms with Gasteiger partial charge in [-0.2, -0.15) is 0 Å². The fourth-order valence-corrected chi connectivity index (χ4v) is 8.32. The van der Waals surface area contributed by atoms with Gasteiger partial charge in [-0.1, -0.05) is 54.6 Å². The largest absolute Gasteiger partial charge is 0.466 e. The molecule has 0 atom stereocenters. The minimum atomic E-state index is -1.75. The summed E-state index contributed by atoms with van der Waals surface area (Å²) < 4.78 is 5.07. The molecular weight excluding hydrogens is 375 g/mol. The van der Waals surface area contributed by atoms with Crippen molar-refractivity contribution in [3.05, 3.63) is 91.0 Å². The van der Waals surface area contributed by atoms with Crippen LogP contribution in [0.15, 0.2) is 91.0 Å². The van der Waals surface area contributed by atoms with Gasteiger partial charge in [0.2, 0.25) is 0 Å². The van der Waals surface area contributed by atoms with Crippen LogP contribution < -0.4 is 15.9 Å². The van der Waals surface area contributed by atoms with Gasteiger partial charge in [-0.3, -0.25) is 4.79 Å². The molecule has 0 aliphatic carbocycles. The third-order valence-corrected chi connectivity index (χ3v) is 9.80. The van der Waals surface area contributed by atoms with Gasteiger partial charge in [-0.05, 0) is 62.6 Å². The van der Waals surface area contributed by atoms with Crippen LogP contribution in [0.3, 0.4) is 0 Å². The van der Waals surface area contributed by atoms with E-state index >= 15 is 0 Å². The molecule has 150 valence electrons. The lowest BCUT2D eigenvalue weighted by molar-refractivity contribution is -0.143. The molecule has 0 N–H and O–H groups in total. The Kier molecular flexibility index (Phi) is 8.02. The third kappa shape index (κ3) is 5.34. The number of benzene rings is 3. The SMILES string of the molecule is CCOC(=O)CCCCC[P+](c1ccccc1)(c1ccccc1)c1ccccc1. The molecule has 3 rings (SSSR count). The molecule has 3 aromatic carbocycles. The Morgan fingerprint density at radius 3 is 1.55 bits per heavy atom. The lowest BCUT2D eigenvalue weighted by atomic mass is 10.2. The van der Waals surface area contributed by atoms with Gasteiger partial charge in [0.15, 0.2) is 0 Å². The van der Waals surface area contributed by atoms with Gasteiger partial charge < -0.3 is 4.74 Å². The van der Waals surface area contributed by atoms with Crippen molar-refractivity contribution in [3.63, 3.8) is 0 Å². The molecule has 0 spiro atoms. The second-order valence-electron chi connectivity index (χ2n) is 7.16. The zero-order valence-electron chi connectivity index (χ0n) is 17.2. The van der Waals surface area contributed by atoms with E-state index in [0.29, 0.717) is 13.0 Å². The summed E-state index contributed by atoms with van der Waals surface area (Å²) in [7, 11) is -1.75. The van der Waals surface area contributed by atoms with E-state index in [-0.39, 0.29) is 5.97 Å². The first kappa shape index (κ1) is 21.3. The number of esters is 1. The van der Waals surface area contributed by atoms with Crippen LogP contribution in [0.2, 0.25) is 0 Å². The molecule has 0 saturated heterocycles. The molecule has 3 heteroatoms. The molecule has 29 heavy (non-hydrogen) atoms. The molecular formula is C26H30O2P+. The predicted molar refractivity (Wildman–Crippen MR) is 125 cm³/mol. The quantitative estimate of drug-likeness (QED) is 0.266. The van der Waals surface area contributed by atoms with Crippen molar-refractivity contribution in [2.45, 2.75) is 32.6 Å². The van der Waals surface area contributed by atoms with Gasteiger partial charge in [-0.25, -0.2) is 0 Å². The van der Waals surface area contributed by atoms with Crippen molar-refractivity contribution >= 4 is 29.1 Å². The van der Waals surface area contributed by atoms with Crippen molar-refractivity contribution in [1.82, 2.24) is 0 Å². The van der Waals surface area contributed by atoms with Crippen molar-refractivity contribution in [1.29, 1.82) is 0 Å². The van der Waals surface area contributed by atoms with E-state index in [1.54, 1.807) is 0 Å². The van der Waals surface area contributed by atoms with E-state index < -0.39 is 7.26 Å². The van der Waals surface area contributed by atoms with Crippen LogP contribution in [0.1, 0.15) is 32.6 Å². The summed E-state index contributed by atoms with van der Waals surface area (Å²) in [6.07, 6.45) is 4.63. The fourth-order valence-electron chi connectivity index (χ4n) is 3.91. The molecule has 0 saturated carbocycles. The van der Waals surface area contributed by atoms with Gasteiger partial charge in [0.05, 0.1) is 12.8 Å². The summed E-state index contributed by atoms with van der Waals surface area (Å²) in [5, 5.41) is 4.26. The van der Waals surface area contributed by atoms with E-state index in [4.69, 9.17) is 4.74 Å². The number of hydrogen-bond acceptors (Lipinski definition) is 2.